The van der Waals surface area contributed by atoms with Gasteiger partial charge in [-0.05, 0) is 6.42 Å². The molecule has 2 heterocycles. The minimum atomic E-state index is -2.90. The van der Waals surface area contributed by atoms with E-state index in [1.807, 2.05) is 30.3 Å². The van der Waals surface area contributed by atoms with Gasteiger partial charge in [0.25, 0.3) is 0 Å². The Morgan fingerprint density at radius 2 is 2.12 bits per heavy atom. The lowest BCUT2D eigenvalue weighted by Gasteiger charge is -2.07. The van der Waals surface area contributed by atoms with Crippen molar-refractivity contribution in [3.05, 3.63) is 42.2 Å². The molecule has 3 rings (SSSR count). The molecule has 0 radical (unpaired) electrons. The number of nitrogens with zero attached hydrogens (tertiary/aromatic N) is 1. The van der Waals surface area contributed by atoms with Crippen LogP contribution in [-0.2, 0) is 21.2 Å². The summed E-state index contributed by atoms with van der Waals surface area (Å²) in [5, 5.41) is 6.78. The second-order valence-electron chi connectivity index (χ2n) is 5.66. The molecular weight excluding hydrogens is 348 g/mol. The van der Waals surface area contributed by atoms with Gasteiger partial charge in [0.05, 0.1) is 23.8 Å². The van der Waals surface area contributed by atoms with Crippen molar-refractivity contribution < 1.29 is 17.7 Å². The van der Waals surface area contributed by atoms with Crippen LogP contribution in [0.2, 0.25) is 0 Å². The van der Waals surface area contributed by atoms with Gasteiger partial charge in [-0.15, -0.1) is 11.8 Å². The monoisotopic (exact) mass is 366 g/mol. The van der Waals surface area contributed by atoms with Gasteiger partial charge in [-0.1, -0.05) is 35.5 Å². The van der Waals surface area contributed by atoms with E-state index in [4.69, 9.17) is 4.52 Å². The number of carbonyl (C=O) groups is 1. The van der Waals surface area contributed by atoms with E-state index in [1.54, 1.807) is 6.07 Å². The molecule has 0 aliphatic carbocycles. The molecule has 1 atom stereocenters. The van der Waals surface area contributed by atoms with Crippen LogP contribution in [0.25, 0.3) is 11.3 Å². The van der Waals surface area contributed by atoms with E-state index in [1.165, 1.54) is 11.8 Å². The molecule has 1 aliphatic heterocycles. The zero-order valence-corrected chi connectivity index (χ0v) is 14.6. The van der Waals surface area contributed by atoms with E-state index in [0.717, 1.165) is 11.3 Å². The second-order valence-corrected chi connectivity index (χ2v) is 9.17. The highest BCUT2D eigenvalue weighted by Crippen LogP contribution is 2.24. The van der Waals surface area contributed by atoms with Crippen LogP contribution in [0.3, 0.4) is 0 Å². The summed E-state index contributed by atoms with van der Waals surface area (Å²) in [4.78, 5) is 11.9. The number of nitrogens with one attached hydrogen (secondary N) is 1. The van der Waals surface area contributed by atoms with Crippen molar-refractivity contribution >= 4 is 27.5 Å². The van der Waals surface area contributed by atoms with Crippen LogP contribution < -0.4 is 5.32 Å². The largest absolute Gasteiger partial charge is 0.359 e. The predicted molar refractivity (Wildman–Crippen MR) is 93.3 cm³/mol. The van der Waals surface area contributed by atoms with E-state index in [2.05, 4.69) is 10.5 Å². The molecular formula is C16H18N2O4S2. The molecule has 1 aromatic carbocycles. The molecule has 1 aliphatic rings. The average Bonchev–Trinajstić information content (AvgIpc) is 3.18. The van der Waals surface area contributed by atoms with Crippen molar-refractivity contribution in [3.8, 4) is 11.3 Å². The Balaban J connectivity index is 1.44. The molecule has 0 saturated carbocycles. The third-order valence-corrected chi connectivity index (χ3v) is 7.01. The summed E-state index contributed by atoms with van der Waals surface area (Å²) in [5.74, 6) is 1.09. The molecule has 1 saturated heterocycles. The summed E-state index contributed by atoms with van der Waals surface area (Å²) < 4.78 is 28.0. The number of amides is 1. The average molecular weight is 366 g/mol. The lowest BCUT2D eigenvalue weighted by atomic mass is 10.1. The number of rotatable bonds is 6. The van der Waals surface area contributed by atoms with E-state index < -0.39 is 9.84 Å². The number of benzene rings is 1. The number of thioether (sulfide) groups is 1. The SMILES string of the molecule is O=C(CS[C@H]1CCS(=O)(=O)C1)NCc1cc(-c2ccccc2)no1. The van der Waals surface area contributed by atoms with Gasteiger partial charge < -0.3 is 9.84 Å². The van der Waals surface area contributed by atoms with Crippen molar-refractivity contribution in [2.45, 2.75) is 18.2 Å². The minimum Gasteiger partial charge on any atom is -0.359 e. The third kappa shape index (κ3) is 4.61. The second kappa shape index (κ2) is 7.40. The number of hydrogen-bond acceptors (Lipinski definition) is 6. The van der Waals surface area contributed by atoms with Crippen molar-refractivity contribution in [1.82, 2.24) is 10.5 Å². The zero-order valence-electron chi connectivity index (χ0n) is 13.0. The Bertz CT molecular complexity index is 802. The molecule has 2 aromatic rings. The fourth-order valence-electron chi connectivity index (χ4n) is 2.46. The molecule has 128 valence electrons. The maximum absolute atomic E-state index is 11.9. The molecule has 1 N–H and O–H groups in total. The first kappa shape index (κ1) is 17.0. The van der Waals surface area contributed by atoms with Gasteiger partial charge in [-0.2, -0.15) is 0 Å². The summed E-state index contributed by atoms with van der Waals surface area (Å²) in [6.07, 6.45) is 0.628. The number of aromatic nitrogens is 1. The molecule has 0 bridgehead atoms. The van der Waals surface area contributed by atoms with Gasteiger partial charge in [0.15, 0.2) is 15.6 Å². The minimum absolute atomic E-state index is 0.0238. The number of hydrogen-bond donors (Lipinski definition) is 1. The fourth-order valence-corrected chi connectivity index (χ4v) is 5.94. The van der Waals surface area contributed by atoms with Crippen molar-refractivity contribution in [3.63, 3.8) is 0 Å². The molecule has 1 fully saturated rings. The van der Waals surface area contributed by atoms with E-state index >= 15 is 0 Å². The van der Waals surface area contributed by atoms with Crippen molar-refractivity contribution in [2.24, 2.45) is 0 Å². The quantitative estimate of drug-likeness (QED) is 0.840. The standard InChI is InChI=1S/C16H18N2O4S2/c19-16(10-23-14-6-7-24(20,21)11-14)17-9-13-8-15(18-22-13)12-4-2-1-3-5-12/h1-5,8,14H,6-7,9-11H2,(H,17,19)/t14-/m0/s1. The van der Waals surface area contributed by atoms with Crippen LogP contribution >= 0.6 is 11.8 Å². The van der Waals surface area contributed by atoms with Gasteiger partial charge in [-0.3, -0.25) is 4.79 Å². The molecule has 6 nitrogen and oxygen atoms in total. The summed E-state index contributed by atoms with van der Waals surface area (Å²) in [5.41, 5.74) is 1.68. The smallest absolute Gasteiger partial charge is 0.230 e. The molecule has 24 heavy (non-hydrogen) atoms. The topological polar surface area (TPSA) is 89.3 Å². The van der Waals surface area contributed by atoms with Crippen LogP contribution in [-0.4, -0.2) is 42.0 Å². The normalized spacial score (nSPS) is 19.2. The van der Waals surface area contributed by atoms with Gasteiger partial charge in [0.2, 0.25) is 5.91 Å². The Morgan fingerprint density at radius 1 is 1.33 bits per heavy atom. The first-order valence-corrected chi connectivity index (χ1v) is 10.5. The fraction of sp³-hybridized carbons (Fsp3) is 0.375. The van der Waals surface area contributed by atoms with Gasteiger partial charge in [-0.25, -0.2) is 8.42 Å². The van der Waals surface area contributed by atoms with Gasteiger partial charge in [0, 0.05) is 16.9 Å². The highest BCUT2D eigenvalue weighted by Gasteiger charge is 2.28. The highest BCUT2D eigenvalue weighted by atomic mass is 32.2. The van der Waals surface area contributed by atoms with E-state index in [0.29, 0.717) is 12.2 Å². The van der Waals surface area contributed by atoms with Crippen LogP contribution in [0.5, 0.6) is 0 Å². The molecule has 1 amide bonds. The zero-order chi connectivity index (χ0) is 17.0. The summed E-state index contributed by atoms with van der Waals surface area (Å²) in [7, 11) is -2.90. The van der Waals surface area contributed by atoms with Gasteiger partial charge in [0.1, 0.15) is 5.69 Å². The summed E-state index contributed by atoms with van der Waals surface area (Å²) in [6, 6.07) is 11.4. The van der Waals surface area contributed by atoms with Crippen LogP contribution in [0.4, 0.5) is 0 Å². The number of sulfone groups is 1. The Kier molecular flexibility index (Phi) is 5.25. The van der Waals surface area contributed by atoms with Crippen LogP contribution in [0.15, 0.2) is 40.9 Å². The third-order valence-electron chi connectivity index (χ3n) is 3.73. The van der Waals surface area contributed by atoms with E-state index in [-0.39, 0.29) is 35.0 Å². The molecule has 0 unspecified atom stereocenters. The molecule has 1 aromatic heterocycles. The maximum Gasteiger partial charge on any atom is 0.230 e. The predicted octanol–water partition coefficient (Wildman–Crippen LogP) is 1.88. The first-order chi connectivity index (χ1) is 11.5. The molecule has 0 spiro atoms. The Hall–Kier alpha value is -1.80. The Labute approximate surface area is 144 Å². The first-order valence-electron chi connectivity index (χ1n) is 7.61. The lowest BCUT2D eigenvalue weighted by molar-refractivity contribution is -0.118. The van der Waals surface area contributed by atoms with Crippen LogP contribution in [0, 0.1) is 0 Å². The van der Waals surface area contributed by atoms with Crippen molar-refractivity contribution in [1.29, 1.82) is 0 Å². The van der Waals surface area contributed by atoms with Gasteiger partial charge >= 0.3 is 0 Å². The number of carbonyl (C=O) groups excluding carboxylic acids is 1. The maximum atomic E-state index is 11.9. The summed E-state index contributed by atoms with van der Waals surface area (Å²) >= 11 is 1.39. The van der Waals surface area contributed by atoms with Crippen molar-refractivity contribution in [2.75, 3.05) is 17.3 Å². The Morgan fingerprint density at radius 3 is 2.83 bits per heavy atom. The van der Waals surface area contributed by atoms with Crippen LogP contribution in [0.1, 0.15) is 12.2 Å². The molecule has 8 heteroatoms. The summed E-state index contributed by atoms with van der Waals surface area (Å²) in [6.45, 7) is 0.266. The highest BCUT2D eigenvalue weighted by molar-refractivity contribution is 8.02. The lowest BCUT2D eigenvalue weighted by Crippen LogP contribution is -2.25. The van der Waals surface area contributed by atoms with E-state index in [9.17, 15) is 13.2 Å².